The predicted molar refractivity (Wildman–Crippen MR) is 95.0 cm³/mol. The Bertz CT molecular complexity index is 383. The maximum atomic E-state index is 12.7. The van der Waals surface area contributed by atoms with E-state index in [9.17, 15) is 4.79 Å². The molecule has 2 aliphatic carbocycles. The first kappa shape index (κ1) is 17.4. The number of rotatable bonds is 4. The second kappa shape index (κ2) is 8.11. The minimum absolute atomic E-state index is 0.0891. The summed E-state index contributed by atoms with van der Waals surface area (Å²) in [5.74, 6) is 3.20. The molecule has 1 saturated heterocycles. The van der Waals surface area contributed by atoms with Crippen LogP contribution in [-0.2, 0) is 4.79 Å². The van der Waals surface area contributed by atoms with Crippen molar-refractivity contribution in [3.63, 3.8) is 0 Å². The van der Waals surface area contributed by atoms with Gasteiger partial charge >= 0.3 is 0 Å². The summed E-state index contributed by atoms with van der Waals surface area (Å²) in [6.07, 6.45) is 14.6. The van der Waals surface area contributed by atoms with Crippen molar-refractivity contribution in [3.05, 3.63) is 0 Å². The number of Topliss-reactive ketones (excluding diaryl/α,β-unsaturated/α-hetero) is 1. The van der Waals surface area contributed by atoms with Gasteiger partial charge in [0, 0.05) is 12.5 Å². The Morgan fingerprint density at radius 2 is 1.57 bits per heavy atom. The summed E-state index contributed by atoms with van der Waals surface area (Å²) >= 11 is 0. The number of hydrogen-bond donors (Lipinski definition) is 1. The van der Waals surface area contributed by atoms with Crippen LogP contribution in [-0.4, -0.2) is 29.9 Å². The van der Waals surface area contributed by atoms with Crippen LogP contribution in [0.1, 0.15) is 77.6 Å². The molecule has 0 aromatic heterocycles. The van der Waals surface area contributed by atoms with Gasteiger partial charge in [-0.3, -0.25) is 9.69 Å². The lowest BCUT2D eigenvalue weighted by Gasteiger charge is -2.39. The molecular formula is C20H36N2O. The van der Waals surface area contributed by atoms with Crippen molar-refractivity contribution >= 4 is 5.78 Å². The molecule has 3 aliphatic rings. The highest BCUT2D eigenvalue weighted by atomic mass is 16.1. The Morgan fingerprint density at radius 3 is 2.26 bits per heavy atom. The van der Waals surface area contributed by atoms with E-state index in [1.807, 2.05) is 0 Å². The van der Waals surface area contributed by atoms with Gasteiger partial charge in [0.2, 0.25) is 0 Å². The molecule has 2 atom stereocenters. The van der Waals surface area contributed by atoms with E-state index in [-0.39, 0.29) is 6.17 Å². The van der Waals surface area contributed by atoms with Crippen LogP contribution in [0.4, 0.5) is 0 Å². The Labute approximate surface area is 142 Å². The van der Waals surface area contributed by atoms with Crippen LogP contribution < -0.4 is 5.73 Å². The molecule has 0 bridgehead atoms. The van der Waals surface area contributed by atoms with Gasteiger partial charge in [-0.1, -0.05) is 39.0 Å². The van der Waals surface area contributed by atoms with Gasteiger partial charge in [-0.2, -0.15) is 0 Å². The van der Waals surface area contributed by atoms with E-state index < -0.39 is 0 Å². The third-order valence-electron chi connectivity index (χ3n) is 7.01. The topological polar surface area (TPSA) is 46.3 Å². The number of piperidine rings is 1. The highest BCUT2D eigenvalue weighted by molar-refractivity contribution is 5.83. The monoisotopic (exact) mass is 320 g/mol. The van der Waals surface area contributed by atoms with Crippen LogP contribution in [0, 0.1) is 23.7 Å². The van der Waals surface area contributed by atoms with Crippen LogP contribution in [0.15, 0.2) is 0 Å². The molecule has 2 saturated carbocycles. The zero-order chi connectivity index (χ0) is 16.2. The first-order valence-corrected chi connectivity index (χ1v) is 10.2. The lowest BCUT2D eigenvalue weighted by molar-refractivity contribution is -0.126. The van der Waals surface area contributed by atoms with E-state index in [4.69, 9.17) is 5.73 Å². The summed E-state index contributed by atoms with van der Waals surface area (Å²) in [4.78, 5) is 14.9. The van der Waals surface area contributed by atoms with Gasteiger partial charge in [-0.05, 0) is 56.3 Å². The Hall–Kier alpha value is -0.410. The van der Waals surface area contributed by atoms with Crippen molar-refractivity contribution in [1.82, 2.24) is 4.90 Å². The largest absolute Gasteiger partial charge is 0.315 e. The number of hydrogen-bond acceptors (Lipinski definition) is 3. The smallest absolute Gasteiger partial charge is 0.149 e. The number of nitrogens with two attached hydrogens (primary N) is 1. The minimum atomic E-state index is 0.0891. The fourth-order valence-corrected chi connectivity index (χ4v) is 5.33. The molecule has 0 amide bonds. The van der Waals surface area contributed by atoms with Crippen LogP contribution in [0.25, 0.3) is 0 Å². The molecule has 3 heteroatoms. The molecule has 3 fully saturated rings. The number of carbonyl (C=O) groups excluding carboxylic acids is 1. The molecule has 1 heterocycles. The highest BCUT2D eigenvalue weighted by Crippen LogP contribution is 2.40. The molecule has 0 aromatic rings. The maximum Gasteiger partial charge on any atom is 0.149 e. The van der Waals surface area contributed by atoms with Gasteiger partial charge in [-0.15, -0.1) is 0 Å². The quantitative estimate of drug-likeness (QED) is 0.853. The normalized spacial score (nSPS) is 37.7. The van der Waals surface area contributed by atoms with Crippen LogP contribution in [0.5, 0.6) is 0 Å². The summed E-state index contributed by atoms with van der Waals surface area (Å²) in [6.45, 7) is 3.83. The third-order valence-corrected chi connectivity index (χ3v) is 7.01. The van der Waals surface area contributed by atoms with Gasteiger partial charge in [0.05, 0.1) is 12.7 Å². The van der Waals surface area contributed by atoms with E-state index in [0.717, 1.165) is 31.2 Å². The fraction of sp³-hybridized carbons (Fsp3) is 0.950. The fourth-order valence-electron chi connectivity index (χ4n) is 5.33. The van der Waals surface area contributed by atoms with Gasteiger partial charge in [0.1, 0.15) is 5.78 Å². The number of likely N-dealkylation sites (tertiary alicyclic amines) is 1. The Morgan fingerprint density at radius 1 is 0.913 bits per heavy atom. The maximum absolute atomic E-state index is 12.7. The summed E-state index contributed by atoms with van der Waals surface area (Å²) in [5.41, 5.74) is 6.29. The average Bonchev–Trinajstić information content (AvgIpc) is 2.60. The second-order valence-corrected chi connectivity index (χ2v) is 8.56. The molecule has 2 N–H and O–H groups in total. The number of ketones is 1. The summed E-state index contributed by atoms with van der Waals surface area (Å²) in [7, 11) is 0. The van der Waals surface area contributed by atoms with Gasteiger partial charge in [0.15, 0.2) is 0 Å². The minimum Gasteiger partial charge on any atom is -0.315 e. The van der Waals surface area contributed by atoms with Gasteiger partial charge in [-0.25, -0.2) is 0 Å². The molecule has 2 unspecified atom stereocenters. The van der Waals surface area contributed by atoms with Crippen molar-refractivity contribution < 1.29 is 4.79 Å². The Balaban J connectivity index is 1.44. The van der Waals surface area contributed by atoms with Crippen molar-refractivity contribution in [2.45, 2.75) is 83.7 Å². The van der Waals surface area contributed by atoms with E-state index in [1.165, 1.54) is 57.8 Å². The van der Waals surface area contributed by atoms with Crippen LogP contribution in [0.2, 0.25) is 0 Å². The summed E-state index contributed by atoms with van der Waals surface area (Å²) < 4.78 is 0. The molecule has 0 spiro atoms. The van der Waals surface area contributed by atoms with Crippen LogP contribution >= 0.6 is 0 Å². The Kier molecular flexibility index (Phi) is 6.14. The van der Waals surface area contributed by atoms with Crippen molar-refractivity contribution in [2.24, 2.45) is 29.4 Å². The van der Waals surface area contributed by atoms with Crippen molar-refractivity contribution in [3.8, 4) is 0 Å². The van der Waals surface area contributed by atoms with Crippen molar-refractivity contribution in [1.29, 1.82) is 0 Å². The van der Waals surface area contributed by atoms with Crippen LogP contribution in [0.3, 0.4) is 0 Å². The van der Waals surface area contributed by atoms with E-state index in [1.54, 1.807) is 0 Å². The standard InChI is InChI=1S/C20H36N2O/c1-15-6-5-13-22(20(15)21)14-19(23)18-11-9-17(10-12-18)16-7-3-2-4-8-16/h15-18,20H,2-14,21H2,1H3. The average molecular weight is 321 g/mol. The molecule has 23 heavy (non-hydrogen) atoms. The number of carbonyl (C=O) groups is 1. The SMILES string of the molecule is CC1CCCN(CC(=O)C2CCC(C3CCCCC3)CC2)C1N. The summed E-state index contributed by atoms with van der Waals surface area (Å²) in [5, 5.41) is 0. The predicted octanol–water partition coefficient (Wildman–Crippen LogP) is 3.96. The molecule has 0 radical (unpaired) electrons. The van der Waals surface area contributed by atoms with E-state index in [2.05, 4.69) is 11.8 Å². The second-order valence-electron chi connectivity index (χ2n) is 8.56. The molecule has 132 valence electrons. The number of nitrogens with zero attached hydrogens (tertiary/aromatic N) is 1. The highest BCUT2D eigenvalue weighted by Gasteiger charge is 2.33. The third kappa shape index (κ3) is 4.36. The summed E-state index contributed by atoms with van der Waals surface area (Å²) in [6, 6.07) is 0. The van der Waals surface area contributed by atoms with Gasteiger partial charge < -0.3 is 5.73 Å². The van der Waals surface area contributed by atoms with E-state index >= 15 is 0 Å². The zero-order valence-electron chi connectivity index (χ0n) is 15.0. The van der Waals surface area contributed by atoms with Gasteiger partial charge in [0.25, 0.3) is 0 Å². The van der Waals surface area contributed by atoms with E-state index in [0.29, 0.717) is 24.2 Å². The molecule has 3 rings (SSSR count). The molecule has 3 nitrogen and oxygen atoms in total. The first-order chi connectivity index (χ1) is 11.1. The first-order valence-electron chi connectivity index (χ1n) is 10.2. The molecule has 0 aromatic carbocycles. The molecule has 1 aliphatic heterocycles. The van der Waals surface area contributed by atoms with Crippen molar-refractivity contribution in [2.75, 3.05) is 13.1 Å². The molecular weight excluding hydrogens is 284 g/mol. The zero-order valence-corrected chi connectivity index (χ0v) is 15.0. The lowest BCUT2D eigenvalue weighted by Crippen LogP contribution is -2.52. The lowest BCUT2D eigenvalue weighted by atomic mass is 9.70.